The van der Waals surface area contributed by atoms with Crippen molar-refractivity contribution in [3.05, 3.63) is 53.9 Å². The number of nitrogens with one attached hydrogen (secondary N) is 3. The van der Waals surface area contributed by atoms with E-state index in [-0.39, 0.29) is 12.7 Å². The largest absolute Gasteiger partial charge is 0.454 e. The van der Waals surface area contributed by atoms with Crippen molar-refractivity contribution in [2.24, 2.45) is 5.92 Å². The molecule has 4 heterocycles. The maximum atomic E-state index is 12.5. The first-order valence-electron chi connectivity index (χ1n) is 10.6. The van der Waals surface area contributed by atoms with Crippen molar-refractivity contribution in [1.82, 2.24) is 26.1 Å². The van der Waals surface area contributed by atoms with E-state index in [1.807, 2.05) is 12.3 Å². The smallest absolute Gasteiger partial charge is 0.251 e. The van der Waals surface area contributed by atoms with Crippen LogP contribution in [0.15, 0.2) is 42.7 Å². The zero-order valence-corrected chi connectivity index (χ0v) is 16.8. The number of hydrazine groups is 1. The molecule has 2 fully saturated rings. The van der Waals surface area contributed by atoms with Gasteiger partial charge < -0.3 is 14.8 Å². The number of fused-ring (bicyclic) bond motifs is 1. The molecule has 3 N–H and O–H groups in total. The molecule has 3 aliphatic rings. The Kier molecular flexibility index (Phi) is 5.52. The number of aromatic nitrogens is 1. The molecule has 5 rings (SSSR count). The summed E-state index contributed by atoms with van der Waals surface area (Å²) in [5, 5.41) is 3.08. The number of rotatable bonds is 5. The molecule has 1 aromatic heterocycles. The molecule has 30 heavy (non-hydrogen) atoms. The van der Waals surface area contributed by atoms with Crippen LogP contribution in [0.2, 0.25) is 0 Å². The third-order valence-corrected chi connectivity index (χ3v) is 6.25. The van der Waals surface area contributed by atoms with Gasteiger partial charge in [0, 0.05) is 24.5 Å². The number of benzene rings is 1. The third kappa shape index (κ3) is 4.12. The highest BCUT2D eigenvalue weighted by atomic mass is 16.7. The fraction of sp³-hybridized carbons (Fsp3) is 0.455. The molecule has 0 bridgehead atoms. The molecule has 2 atom stereocenters. The van der Waals surface area contributed by atoms with E-state index in [4.69, 9.17) is 9.47 Å². The Hall–Kier alpha value is -2.68. The van der Waals surface area contributed by atoms with Gasteiger partial charge in [-0.15, -0.1) is 0 Å². The summed E-state index contributed by atoms with van der Waals surface area (Å²) in [6, 6.07) is 9.71. The topological polar surface area (TPSA) is 87.8 Å². The average molecular weight is 409 g/mol. The van der Waals surface area contributed by atoms with Gasteiger partial charge in [0.25, 0.3) is 5.91 Å². The summed E-state index contributed by atoms with van der Waals surface area (Å²) in [6.45, 7) is 2.98. The number of pyridine rings is 1. The van der Waals surface area contributed by atoms with Crippen LogP contribution < -0.4 is 25.6 Å². The second kappa shape index (κ2) is 8.59. The quantitative estimate of drug-likeness (QED) is 0.694. The Morgan fingerprint density at radius 1 is 1.17 bits per heavy atom. The van der Waals surface area contributed by atoms with E-state index in [0.29, 0.717) is 41.7 Å². The molecule has 0 spiro atoms. The minimum atomic E-state index is -0.0586. The monoisotopic (exact) mass is 409 g/mol. The van der Waals surface area contributed by atoms with Crippen LogP contribution in [-0.4, -0.2) is 48.4 Å². The molecule has 0 aliphatic carbocycles. The number of carbonyl (C=O) groups excluding carboxylic acids is 1. The Morgan fingerprint density at radius 2 is 2.03 bits per heavy atom. The van der Waals surface area contributed by atoms with Crippen molar-refractivity contribution in [3.63, 3.8) is 0 Å². The molecular weight excluding hydrogens is 382 g/mol. The summed E-state index contributed by atoms with van der Waals surface area (Å²) in [7, 11) is 0. The maximum Gasteiger partial charge on any atom is 0.251 e. The van der Waals surface area contributed by atoms with E-state index in [9.17, 15) is 4.79 Å². The van der Waals surface area contributed by atoms with Crippen molar-refractivity contribution >= 4 is 5.91 Å². The SMILES string of the molecule is O=C(NCC1CCN(C2CC(c3cccnc3)NN2)CC1)c1ccc2c(c1)OCO2. The molecule has 2 unspecified atom stereocenters. The highest BCUT2D eigenvalue weighted by Gasteiger charge is 2.32. The van der Waals surface area contributed by atoms with Crippen LogP contribution in [0, 0.1) is 5.92 Å². The number of hydrogen-bond acceptors (Lipinski definition) is 7. The van der Waals surface area contributed by atoms with Gasteiger partial charge in [-0.3, -0.25) is 14.7 Å². The third-order valence-electron chi connectivity index (χ3n) is 6.25. The molecule has 2 saturated heterocycles. The van der Waals surface area contributed by atoms with Gasteiger partial charge in [0.05, 0.1) is 12.2 Å². The van der Waals surface area contributed by atoms with Gasteiger partial charge in [0.2, 0.25) is 6.79 Å². The van der Waals surface area contributed by atoms with Crippen LogP contribution in [0.5, 0.6) is 11.5 Å². The zero-order valence-electron chi connectivity index (χ0n) is 16.8. The first kappa shape index (κ1) is 19.3. The lowest BCUT2D eigenvalue weighted by Gasteiger charge is -2.35. The summed E-state index contributed by atoms with van der Waals surface area (Å²) >= 11 is 0. The van der Waals surface area contributed by atoms with Crippen molar-refractivity contribution in [3.8, 4) is 11.5 Å². The van der Waals surface area contributed by atoms with E-state index in [0.717, 1.165) is 32.4 Å². The lowest BCUT2D eigenvalue weighted by molar-refractivity contribution is 0.0914. The first-order valence-corrected chi connectivity index (χ1v) is 10.6. The second-order valence-corrected chi connectivity index (χ2v) is 8.14. The van der Waals surface area contributed by atoms with Gasteiger partial charge in [0.1, 0.15) is 0 Å². The molecule has 8 nitrogen and oxygen atoms in total. The number of ether oxygens (including phenoxy) is 2. The molecule has 1 aromatic carbocycles. The standard InChI is InChI=1S/C22H27N5O3/c28-22(16-3-4-19-20(10-16)30-14-29-19)24-12-15-5-8-27(9-6-15)21-11-18(25-26-21)17-2-1-7-23-13-17/h1-4,7,10,13,15,18,21,25-26H,5-6,8-9,11-12,14H2,(H,24,28). The van der Waals surface area contributed by atoms with Gasteiger partial charge >= 0.3 is 0 Å². The number of hydrogen-bond donors (Lipinski definition) is 3. The predicted molar refractivity (Wildman–Crippen MR) is 111 cm³/mol. The second-order valence-electron chi connectivity index (χ2n) is 8.14. The molecule has 3 aliphatic heterocycles. The lowest BCUT2D eigenvalue weighted by atomic mass is 9.95. The first-order chi connectivity index (χ1) is 14.8. The van der Waals surface area contributed by atoms with E-state index in [1.165, 1.54) is 5.56 Å². The minimum Gasteiger partial charge on any atom is -0.454 e. The van der Waals surface area contributed by atoms with Gasteiger partial charge in [-0.2, -0.15) is 0 Å². The van der Waals surface area contributed by atoms with Gasteiger partial charge in [-0.25, -0.2) is 10.9 Å². The number of piperidine rings is 1. The predicted octanol–water partition coefficient (Wildman–Crippen LogP) is 1.82. The van der Waals surface area contributed by atoms with Crippen LogP contribution in [0.4, 0.5) is 0 Å². The van der Waals surface area contributed by atoms with Crippen LogP contribution in [0.1, 0.15) is 41.2 Å². The molecule has 0 radical (unpaired) electrons. The van der Waals surface area contributed by atoms with Gasteiger partial charge in [0.15, 0.2) is 11.5 Å². The molecule has 2 aromatic rings. The molecule has 1 amide bonds. The van der Waals surface area contributed by atoms with Crippen molar-refractivity contribution in [2.75, 3.05) is 26.4 Å². The summed E-state index contributed by atoms with van der Waals surface area (Å²) in [6.07, 6.45) is 7.25. The average Bonchev–Trinajstić information content (AvgIpc) is 3.48. The Bertz CT molecular complexity index is 886. The van der Waals surface area contributed by atoms with E-state index >= 15 is 0 Å². The Morgan fingerprint density at radius 3 is 2.87 bits per heavy atom. The number of likely N-dealkylation sites (tertiary alicyclic amines) is 1. The summed E-state index contributed by atoms with van der Waals surface area (Å²) in [5.41, 5.74) is 8.66. The van der Waals surface area contributed by atoms with Crippen LogP contribution in [-0.2, 0) is 0 Å². The molecular formula is C22H27N5O3. The fourth-order valence-corrected chi connectivity index (χ4v) is 4.43. The van der Waals surface area contributed by atoms with E-state index in [1.54, 1.807) is 24.4 Å². The van der Waals surface area contributed by atoms with Crippen molar-refractivity contribution in [1.29, 1.82) is 0 Å². The number of carbonyl (C=O) groups is 1. The Labute approximate surface area is 175 Å². The fourth-order valence-electron chi connectivity index (χ4n) is 4.43. The van der Waals surface area contributed by atoms with Crippen molar-refractivity contribution < 1.29 is 14.3 Å². The number of nitrogens with zero attached hydrogens (tertiary/aromatic N) is 2. The summed E-state index contributed by atoms with van der Waals surface area (Å²) in [4.78, 5) is 19.2. The highest BCUT2D eigenvalue weighted by Crippen LogP contribution is 2.32. The van der Waals surface area contributed by atoms with Crippen LogP contribution in [0.25, 0.3) is 0 Å². The van der Waals surface area contributed by atoms with E-state index < -0.39 is 0 Å². The van der Waals surface area contributed by atoms with E-state index in [2.05, 4.69) is 32.1 Å². The number of amides is 1. The zero-order chi connectivity index (χ0) is 20.3. The molecule has 0 saturated carbocycles. The summed E-state index contributed by atoms with van der Waals surface area (Å²) in [5.74, 6) is 1.78. The molecule has 158 valence electrons. The lowest BCUT2D eigenvalue weighted by Crippen LogP contribution is -2.49. The molecule has 8 heteroatoms. The highest BCUT2D eigenvalue weighted by molar-refractivity contribution is 5.94. The normalized spacial score (nSPS) is 24.1. The van der Waals surface area contributed by atoms with Crippen LogP contribution in [0.3, 0.4) is 0 Å². The van der Waals surface area contributed by atoms with Crippen LogP contribution >= 0.6 is 0 Å². The van der Waals surface area contributed by atoms with Gasteiger partial charge in [-0.1, -0.05) is 6.07 Å². The summed E-state index contributed by atoms with van der Waals surface area (Å²) < 4.78 is 10.7. The minimum absolute atomic E-state index is 0.0586. The Balaban J connectivity index is 1.07. The van der Waals surface area contributed by atoms with Gasteiger partial charge in [-0.05, 0) is 68.1 Å². The maximum absolute atomic E-state index is 12.5. The van der Waals surface area contributed by atoms with Crippen molar-refractivity contribution in [2.45, 2.75) is 31.5 Å².